The fourth-order valence-corrected chi connectivity index (χ4v) is 5.04. The van der Waals surface area contributed by atoms with Crippen molar-refractivity contribution in [1.29, 1.82) is 0 Å². The SMILES string of the molecule is CC/C=C\C/C=C\C/C=C\C/C=C\C/C=C\CCCC(=O)N[C@@H](CCCCNC(=O)c1ccc(CCN2CCCC2)nc1)C(=O)O. The summed E-state index contributed by atoms with van der Waals surface area (Å²) in [6.45, 7) is 5.89. The van der Waals surface area contributed by atoms with Gasteiger partial charge in [0.25, 0.3) is 5.91 Å². The number of carboxylic acid groups (broad SMARTS) is 1. The first-order valence-electron chi connectivity index (χ1n) is 17.2. The van der Waals surface area contributed by atoms with Crippen LogP contribution in [-0.4, -0.2) is 65.0 Å². The molecule has 0 spiro atoms. The van der Waals surface area contributed by atoms with E-state index in [4.69, 9.17) is 0 Å². The van der Waals surface area contributed by atoms with Gasteiger partial charge in [-0.15, -0.1) is 0 Å². The van der Waals surface area contributed by atoms with E-state index in [1.165, 1.54) is 12.8 Å². The number of aliphatic carboxylic acids is 1. The topological polar surface area (TPSA) is 112 Å². The number of allylic oxidation sites excluding steroid dienone is 10. The lowest BCUT2D eigenvalue weighted by atomic mass is 10.1. The Morgan fingerprint density at radius 2 is 1.50 bits per heavy atom. The molecule has 1 saturated heterocycles. The van der Waals surface area contributed by atoms with Gasteiger partial charge in [0.05, 0.1) is 5.56 Å². The third kappa shape index (κ3) is 18.9. The number of pyridine rings is 1. The number of rotatable bonds is 24. The molecule has 46 heavy (non-hydrogen) atoms. The summed E-state index contributed by atoms with van der Waals surface area (Å²) in [6, 6.07) is 2.79. The Morgan fingerprint density at radius 3 is 2.09 bits per heavy atom. The second-order valence-corrected chi connectivity index (χ2v) is 11.6. The van der Waals surface area contributed by atoms with Gasteiger partial charge in [0, 0.05) is 37.8 Å². The van der Waals surface area contributed by atoms with Gasteiger partial charge in [-0.3, -0.25) is 14.6 Å². The summed E-state index contributed by atoms with van der Waals surface area (Å²) < 4.78 is 0. The Morgan fingerprint density at radius 1 is 0.870 bits per heavy atom. The van der Waals surface area contributed by atoms with Crippen molar-refractivity contribution in [2.75, 3.05) is 26.2 Å². The highest BCUT2D eigenvalue weighted by molar-refractivity contribution is 5.93. The van der Waals surface area contributed by atoms with E-state index in [9.17, 15) is 19.5 Å². The molecule has 2 rings (SSSR count). The molecular weight excluding hydrogens is 576 g/mol. The molecule has 1 aromatic heterocycles. The smallest absolute Gasteiger partial charge is 0.326 e. The third-order valence-electron chi connectivity index (χ3n) is 7.74. The van der Waals surface area contributed by atoms with Crippen LogP contribution < -0.4 is 10.6 Å². The molecule has 0 saturated carbocycles. The molecule has 1 fully saturated rings. The zero-order chi connectivity index (χ0) is 33.1. The Kier molecular flexibility index (Phi) is 21.2. The van der Waals surface area contributed by atoms with E-state index in [1.807, 2.05) is 6.07 Å². The van der Waals surface area contributed by atoms with Gasteiger partial charge in [-0.05, 0) is 102 Å². The number of amides is 2. The molecule has 0 aromatic carbocycles. The number of nitrogens with one attached hydrogen (secondary N) is 2. The van der Waals surface area contributed by atoms with Crippen LogP contribution in [-0.2, 0) is 16.0 Å². The summed E-state index contributed by atoms with van der Waals surface area (Å²) in [4.78, 5) is 43.3. The maximum atomic E-state index is 12.4. The van der Waals surface area contributed by atoms with Crippen molar-refractivity contribution in [2.24, 2.45) is 0 Å². The average Bonchev–Trinajstić information content (AvgIpc) is 3.58. The predicted octanol–water partition coefficient (Wildman–Crippen LogP) is 7.11. The fraction of sp³-hybridized carbons (Fsp3) is 0.526. The zero-order valence-electron chi connectivity index (χ0n) is 27.9. The molecular formula is C38H56N4O4. The highest BCUT2D eigenvalue weighted by Gasteiger charge is 2.19. The Labute approximate surface area is 276 Å². The standard InChI is InChI=1S/C38H56N4O4/c1-2-3-4-5-6-7-8-9-10-11-12-13-14-15-16-17-18-24-36(43)41-35(38(45)46)23-19-20-28-39-37(44)33-25-26-34(40-32-33)27-31-42-29-21-22-30-42/h3-4,6-7,9-10,12-13,15-16,25-26,32,35H,2,5,8,11,14,17-24,27-31H2,1H3,(H,39,44)(H,41,43)(H,45,46)/b4-3-,7-6-,10-9-,13-12-,16-15-/t35-/m0/s1. The first-order valence-corrected chi connectivity index (χ1v) is 17.2. The third-order valence-corrected chi connectivity index (χ3v) is 7.74. The monoisotopic (exact) mass is 632 g/mol. The van der Waals surface area contributed by atoms with Crippen LogP contribution in [0.15, 0.2) is 79.1 Å². The quantitative estimate of drug-likeness (QED) is 0.0827. The van der Waals surface area contributed by atoms with Crippen molar-refractivity contribution in [3.05, 3.63) is 90.3 Å². The van der Waals surface area contributed by atoms with Gasteiger partial charge in [-0.2, -0.15) is 0 Å². The second kappa shape index (κ2) is 25.4. The van der Waals surface area contributed by atoms with Crippen LogP contribution in [0.1, 0.15) is 106 Å². The summed E-state index contributed by atoms with van der Waals surface area (Å²) in [5, 5.41) is 15.1. The van der Waals surface area contributed by atoms with Gasteiger partial charge < -0.3 is 20.6 Å². The number of unbranched alkanes of at least 4 members (excludes halogenated alkanes) is 2. The van der Waals surface area contributed by atoms with Gasteiger partial charge in [0.2, 0.25) is 5.91 Å². The molecule has 0 radical (unpaired) electrons. The van der Waals surface area contributed by atoms with Crippen molar-refractivity contribution in [3.63, 3.8) is 0 Å². The number of hydrogen-bond acceptors (Lipinski definition) is 5. The van der Waals surface area contributed by atoms with Crippen LogP contribution in [0.25, 0.3) is 0 Å². The van der Waals surface area contributed by atoms with Crippen LogP contribution in [0.3, 0.4) is 0 Å². The van der Waals surface area contributed by atoms with Crippen molar-refractivity contribution in [2.45, 2.75) is 103 Å². The summed E-state index contributed by atoms with van der Waals surface area (Å²) >= 11 is 0. The van der Waals surface area contributed by atoms with Gasteiger partial charge in [0.1, 0.15) is 6.04 Å². The van der Waals surface area contributed by atoms with E-state index in [2.05, 4.69) is 88.2 Å². The Bertz CT molecular complexity index is 1150. The highest BCUT2D eigenvalue weighted by Crippen LogP contribution is 2.09. The van der Waals surface area contributed by atoms with Crippen LogP contribution >= 0.6 is 0 Å². The molecule has 2 heterocycles. The summed E-state index contributed by atoms with van der Waals surface area (Å²) in [7, 11) is 0. The van der Waals surface area contributed by atoms with E-state index in [-0.39, 0.29) is 11.8 Å². The molecule has 252 valence electrons. The zero-order valence-corrected chi connectivity index (χ0v) is 27.9. The number of hydrogen-bond donors (Lipinski definition) is 3. The second-order valence-electron chi connectivity index (χ2n) is 11.6. The minimum atomic E-state index is -1.04. The lowest BCUT2D eigenvalue weighted by Crippen LogP contribution is -2.40. The highest BCUT2D eigenvalue weighted by atomic mass is 16.4. The van der Waals surface area contributed by atoms with Gasteiger partial charge in [-0.25, -0.2) is 4.79 Å². The summed E-state index contributed by atoms with van der Waals surface area (Å²) in [6.07, 6.45) is 34.6. The first-order chi connectivity index (χ1) is 22.5. The minimum absolute atomic E-state index is 0.186. The molecule has 2 amide bonds. The summed E-state index contributed by atoms with van der Waals surface area (Å²) in [5.74, 6) is -1.47. The number of carboxylic acids is 1. The molecule has 3 N–H and O–H groups in total. The lowest BCUT2D eigenvalue weighted by molar-refractivity contribution is -0.142. The maximum Gasteiger partial charge on any atom is 0.326 e. The number of likely N-dealkylation sites (tertiary alicyclic amines) is 1. The van der Waals surface area contributed by atoms with E-state index < -0.39 is 12.0 Å². The largest absolute Gasteiger partial charge is 0.480 e. The van der Waals surface area contributed by atoms with Gasteiger partial charge in [0.15, 0.2) is 0 Å². The molecule has 1 aliphatic heterocycles. The number of carbonyl (C=O) groups is 3. The van der Waals surface area contributed by atoms with E-state index in [0.717, 1.165) is 70.3 Å². The molecule has 8 nitrogen and oxygen atoms in total. The Balaban J connectivity index is 1.50. The fourth-order valence-electron chi connectivity index (χ4n) is 5.04. The molecule has 1 aliphatic rings. The van der Waals surface area contributed by atoms with E-state index in [0.29, 0.717) is 44.2 Å². The number of aromatic nitrogens is 1. The van der Waals surface area contributed by atoms with E-state index in [1.54, 1.807) is 12.3 Å². The maximum absolute atomic E-state index is 12.4. The van der Waals surface area contributed by atoms with Crippen molar-refractivity contribution < 1.29 is 19.5 Å². The van der Waals surface area contributed by atoms with Crippen molar-refractivity contribution in [1.82, 2.24) is 20.5 Å². The summed E-state index contributed by atoms with van der Waals surface area (Å²) in [5.41, 5.74) is 1.50. The molecule has 1 aromatic rings. The average molecular weight is 633 g/mol. The van der Waals surface area contributed by atoms with Gasteiger partial charge in [-0.1, -0.05) is 67.7 Å². The molecule has 1 atom stereocenters. The first kappa shape index (κ1) is 38.4. The molecule has 0 bridgehead atoms. The van der Waals surface area contributed by atoms with Crippen LogP contribution in [0, 0.1) is 0 Å². The van der Waals surface area contributed by atoms with E-state index >= 15 is 0 Å². The van der Waals surface area contributed by atoms with Gasteiger partial charge >= 0.3 is 5.97 Å². The Hall–Kier alpha value is -3.78. The minimum Gasteiger partial charge on any atom is -0.480 e. The van der Waals surface area contributed by atoms with Crippen LogP contribution in [0.4, 0.5) is 0 Å². The molecule has 8 heteroatoms. The lowest BCUT2D eigenvalue weighted by Gasteiger charge is -2.14. The van der Waals surface area contributed by atoms with Crippen LogP contribution in [0.2, 0.25) is 0 Å². The normalized spacial score (nSPS) is 14.8. The number of nitrogens with zero attached hydrogens (tertiary/aromatic N) is 2. The molecule has 0 aliphatic carbocycles. The predicted molar refractivity (Wildman–Crippen MR) is 188 cm³/mol. The number of carbonyl (C=O) groups excluding carboxylic acids is 2. The van der Waals surface area contributed by atoms with Crippen LogP contribution in [0.5, 0.6) is 0 Å². The van der Waals surface area contributed by atoms with Crippen molar-refractivity contribution >= 4 is 17.8 Å². The molecule has 0 unspecified atom stereocenters. The van der Waals surface area contributed by atoms with Crippen molar-refractivity contribution in [3.8, 4) is 0 Å².